The van der Waals surface area contributed by atoms with Crippen LogP contribution in [0.4, 0.5) is 18.9 Å². The highest BCUT2D eigenvalue weighted by molar-refractivity contribution is 5.98. The lowest BCUT2D eigenvalue weighted by Crippen LogP contribution is -2.56. The van der Waals surface area contributed by atoms with E-state index in [0.717, 1.165) is 6.42 Å². The number of rotatable bonds is 2. The molecule has 0 heterocycles. The van der Waals surface area contributed by atoms with Gasteiger partial charge in [-0.25, -0.2) is 13.2 Å². The van der Waals surface area contributed by atoms with Crippen molar-refractivity contribution in [3.63, 3.8) is 0 Å². The van der Waals surface area contributed by atoms with Crippen LogP contribution < -0.4 is 11.1 Å². The fourth-order valence-corrected chi connectivity index (χ4v) is 1.68. The number of hydrogen-bond donors (Lipinski definition) is 2. The minimum atomic E-state index is -1.15. The quantitative estimate of drug-likeness (QED) is 0.835. The second-order valence-corrected chi connectivity index (χ2v) is 4.21. The Morgan fingerprint density at radius 2 is 1.76 bits per heavy atom. The highest BCUT2D eigenvalue weighted by atomic mass is 19.1. The first-order valence-electron chi connectivity index (χ1n) is 5.17. The number of anilines is 1. The maximum atomic E-state index is 13.2. The highest BCUT2D eigenvalue weighted by Gasteiger charge is 2.40. The minimum absolute atomic E-state index is 0.475. The van der Waals surface area contributed by atoms with Crippen molar-refractivity contribution in [3.05, 3.63) is 29.6 Å². The third-order valence-corrected chi connectivity index (χ3v) is 2.94. The van der Waals surface area contributed by atoms with E-state index in [4.69, 9.17) is 5.73 Å². The number of nitrogens with one attached hydrogen (secondary N) is 1. The van der Waals surface area contributed by atoms with Gasteiger partial charge in [-0.15, -0.1) is 0 Å². The molecule has 1 aromatic carbocycles. The second kappa shape index (κ2) is 4.03. The number of benzene rings is 1. The van der Waals surface area contributed by atoms with E-state index in [-0.39, 0.29) is 0 Å². The molecule has 6 heteroatoms. The van der Waals surface area contributed by atoms with Crippen molar-refractivity contribution < 1.29 is 18.0 Å². The molecule has 1 saturated carbocycles. The first-order chi connectivity index (χ1) is 7.92. The molecule has 1 aliphatic rings. The SMILES string of the molecule is NC1(C(=O)Nc2c(F)cc(F)cc2F)CCC1. The Labute approximate surface area is 95.8 Å². The van der Waals surface area contributed by atoms with E-state index in [1.807, 2.05) is 0 Å². The summed E-state index contributed by atoms with van der Waals surface area (Å²) in [7, 11) is 0. The Kier molecular flexibility index (Phi) is 2.82. The van der Waals surface area contributed by atoms with Gasteiger partial charge in [0.05, 0.1) is 5.54 Å². The Balaban J connectivity index is 2.21. The van der Waals surface area contributed by atoms with E-state index >= 15 is 0 Å². The highest BCUT2D eigenvalue weighted by Crippen LogP contribution is 2.31. The van der Waals surface area contributed by atoms with E-state index in [2.05, 4.69) is 5.32 Å². The Hall–Kier alpha value is -1.56. The molecule has 0 bridgehead atoms. The van der Waals surface area contributed by atoms with Crippen LogP contribution in [0.3, 0.4) is 0 Å². The second-order valence-electron chi connectivity index (χ2n) is 4.21. The van der Waals surface area contributed by atoms with Gasteiger partial charge in [0.25, 0.3) is 0 Å². The smallest absolute Gasteiger partial charge is 0.244 e. The molecule has 0 spiro atoms. The van der Waals surface area contributed by atoms with E-state index in [1.165, 1.54) is 0 Å². The summed E-state index contributed by atoms with van der Waals surface area (Å²) in [6, 6.07) is 1.01. The van der Waals surface area contributed by atoms with Crippen molar-refractivity contribution in [2.45, 2.75) is 24.8 Å². The molecular formula is C11H11F3N2O. The maximum absolute atomic E-state index is 13.2. The molecule has 92 valence electrons. The molecule has 0 atom stereocenters. The van der Waals surface area contributed by atoms with Gasteiger partial charge >= 0.3 is 0 Å². The van der Waals surface area contributed by atoms with Crippen LogP contribution in [0.1, 0.15) is 19.3 Å². The van der Waals surface area contributed by atoms with E-state index in [1.54, 1.807) is 0 Å². The predicted octanol–water partition coefficient (Wildman–Crippen LogP) is 1.92. The zero-order chi connectivity index (χ0) is 12.6. The van der Waals surface area contributed by atoms with Crippen LogP contribution >= 0.6 is 0 Å². The zero-order valence-electron chi connectivity index (χ0n) is 8.90. The molecule has 0 aromatic heterocycles. The minimum Gasteiger partial charge on any atom is -0.320 e. The number of carbonyl (C=O) groups excluding carboxylic acids is 1. The van der Waals surface area contributed by atoms with Crippen molar-refractivity contribution in [1.29, 1.82) is 0 Å². The number of carbonyl (C=O) groups is 1. The van der Waals surface area contributed by atoms with Crippen LogP contribution in [0.25, 0.3) is 0 Å². The van der Waals surface area contributed by atoms with Crippen LogP contribution in [0, 0.1) is 17.5 Å². The molecule has 1 fully saturated rings. The molecule has 0 radical (unpaired) electrons. The number of hydrogen-bond acceptors (Lipinski definition) is 2. The summed E-state index contributed by atoms with van der Waals surface area (Å²) in [5.74, 6) is -3.99. The topological polar surface area (TPSA) is 55.1 Å². The molecule has 2 rings (SSSR count). The van der Waals surface area contributed by atoms with Crippen LogP contribution in [-0.4, -0.2) is 11.4 Å². The summed E-state index contributed by atoms with van der Waals surface area (Å²) in [4.78, 5) is 11.6. The van der Waals surface area contributed by atoms with Crippen molar-refractivity contribution in [1.82, 2.24) is 0 Å². The van der Waals surface area contributed by atoms with Crippen LogP contribution in [-0.2, 0) is 4.79 Å². The van der Waals surface area contributed by atoms with Gasteiger partial charge < -0.3 is 11.1 Å². The number of amides is 1. The van der Waals surface area contributed by atoms with Crippen molar-refractivity contribution in [2.24, 2.45) is 5.73 Å². The van der Waals surface area contributed by atoms with Crippen molar-refractivity contribution >= 4 is 11.6 Å². The summed E-state index contributed by atoms with van der Waals surface area (Å²) < 4.78 is 39.1. The van der Waals surface area contributed by atoms with Crippen molar-refractivity contribution in [2.75, 3.05) is 5.32 Å². The summed E-state index contributed by atoms with van der Waals surface area (Å²) in [6.45, 7) is 0. The standard InChI is InChI=1S/C11H11F3N2O/c12-6-4-7(13)9(8(14)5-6)16-10(17)11(15)2-1-3-11/h4-5H,1-3,15H2,(H,16,17). The van der Waals surface area contributed by atoms with Gasteiger partial charge in [0.15, 0.2) is 11.6 Å². The van der Waals surface area contributed by atoms with Crippen LogP contribution in [0.5, 0.6) is 0 Å². The van der Waals surface area contributed by atoms with Gasteiger partial charge in [0.1, 0.15) is 11.5 Å². The number of nitrogens with two attached hydrogens (primary N) is 1. The first kappa shape index (κ1) is 11.9. The van der Waals surface area contributed by atoms with E-state index in [0.29, 0.717) is 25.0 Å². The van der Waals surface area contributed by atoms with Crippen LogP contribution in [0.15, 0.2) is 12.1 Å². The Morgan fingerprint density at radius 3 is 2.18 bits per heavy atom. The van der Waals surface area contributed by atoms with Gasteiger partial charge in [0, 0.05) is 12.1 Å². The lowest BCUT2D eigenvalue weighted by atomic mass is 9.77. The third-order valence-electron chi connectivity index (χ3n) is 2.94. The monoisotopic (exact) mass is 244 g/mol. The van der Waals surface area contributed by atoms with Gasteiger partial charge in [-0.1, -0.05) is 0 Å². The normalized spacial score (nSPS) is 17.4. The number of halogens is 3. The summed E-state index contributed by atoms with van der Waals surface area (Å²) in [5.41, 5.74) is 3.97. The largest absolute Gasteiger partial charge is 0.320 e. The molecule has 0 unspecified atom stereocenters. The molecule has 3 nitrogen and oxygen atoms in total. The summed E-state index contributed by atoms with van der Waals surface area (Å²) in [6.07, 6.45) is 1.75. The predicted molar refractivity (Wildman–Crippen MR) is 55.7 cm³/mol. The van der Waals surface area contributed by atoms with E-state index < -0.39 is 34.6 Å². The molecule has 0 saturated heterocycles. The van der Waals surface area contributed by atoms with E-state index in [9.17, 15) is 18.0 Å². The Morgan fingerprint density at radius 1 is 1.24 bits per heavy atom. The molecule has 0 aliphatic heterocycles. The lowest BCUT2D eigenvalue weighted by Gasteiger charge is -2.36. The average molecular weight is 244 g/mol. The summed E-state index contributed by atoms with van der Waals surface area (Å²) >= 11 is 0. The third kappa shape index (κ3) is 2.12. The fraction of sp³-hybridized carbons (Fsp3) is 0.364. The van der Waals surface area contributed by atoms with Gasteiger partial charge in [-0.3, -0.25) is 4.79 Å². The molecule has 1 aliphatic carbocycles. The molecule has 1 aromatic rings. The molecule has 1 amide bonds. The fourth-order valence-electron chi connectivity index (χ4n) is 1.68. The first-order valence-corrected chi connectivity index (χ1v) is 5.17. The lowest BCUT2D eigenvalue weighted by molar-refractivity contribution is -0.123. The van der Waals surface area contributed by atoms with Crippen LogP contribution in [0.2, 0.25) is 0 Å². The molecule has 17 heavy (non-hydrogen) atoms. The summed E-state index contributed by atoms with van der Waals surface area (Å²) in [5, 5.41) is 2.07. The Bertz CT molecular complexity index is 449. The van der Waals surface area contributed by atoms with Gasteiger partial charge in [-0.2, -0.15) is 0 Å². The molecular weight excluding hydrogens is 233 g/mol. The van der Waals surface area contributed by atoms with Crippen molar-refractivity contribution in [3.8, 4) is 0 Å². The zero-order valence-corrected chi connectivity index (χ0v) is 8.90. The maximum Gasteiger partial charge on any atom is 0.244 e. The van der Waals surface area contributed by atoms with Gasteiger partial charge in [0.2, 0.25) is 5.91 Å². The average Bonchev–Trinajstić information content (AvgIpc) is 2.19. The molecule has 3 N–H and O–H groups in total. The van der Waals surface area contributed by atoms with Gasteiger partial charge in [-0.05, 0) is 19.3 Å².